The molecule has 3 aromatic carbocycles. The lowest BCUT2D eigenvalue weighted by atomic mass is 10.1. The lowest BCUT2D eigenvalue weighted by molar-refractivity contribution is 0.342. The minimum Gasteiger partial charge on any atom is -0.492 e. The summed E-state index contributed by atoms with van der Waals surface area (Å²) in [5.74, 6) is 1.53. The van der Waals surface area contributed by atoms with Gasteiger partial charge in [0.25, 0.3) is 0 Å². The van der Waals surface area contributed by atoms with Gasteiger partial charge in [-0.15, -0.1) is 0 Å². The standard InChI is InChI=1S/C26H22N4O/c1-2-31-23-16-10-9-15-22(23)29-25-24-21(19-11-5-3-6-12-19)17-30(26(24)28-18-27-25)20-13-7-4-8-14-20/h3-18H,2H2,1H3,(H,27,28,29). The smallest absolute Gasteiger partial charge is 0.150 e. The summed E-state index contributed by atoms with van der Waals surface area (Å²) in [4.78, 5) is 9.25. The Kier molecular flexibility index (Phi) is 5.07. The van der Waals surface area contributed by atoms with Crippen LogP contribution in [0.2, 0.25) is 0 Å². The Balaban J connectivity index is 1.73. The second-order valence-corrected chi connectivity index (χ2v) is 7.09. The highest BCUT2D eigenvalue weighted by atomic mass is 16.5. The van der Waals surface area contributed by atoms with Gasteiger partial charge in [0.1, 0.15) is 17.9 Å². The highest BCUT2D eigenvalue weighted by Gasteiger charge is 2.18. The molecule has 0 saturated carbocycles. The van der Waals surface area contributed by atoms with E-state index >= 15 is 0 Å². The van der Waals surface area contributed by atoms with Crippen molar-refractivity contribution in [3.8, 4) is 22.6 Å². The van der Waals surface area contributed by atoms with Crippen LogP contribution >= 0.6 is 0 Å². The number of nitrogens with one attached hydrogen (secondary N) is 1. The molecule has 0 aliphatic rings. The van der Waals surface area contributed by atoms with Crippen LogP contribution in [0.15, 0.2) is 97.5 Å². The predicted molar refractivity (Wildman–Crippen MR) is 125 cm³/mol. The number of fused-ring (bicyclic) bond motifs is 1. The van der Waals surface area contributed by atoms with Gasteiger partial charge in [-0.1, -0.05) is 60.7 Å². The molecule has 2 aromatic heterocycles. The minimum absolute atomic E-state index is 0.595. The van der Waals surface area contributed by atoms with E-state index in [4.69, 9.17) is 4.74 Å². The topological polar surface area (TPSA) is 52.0 Å². The van der Waals surface area contributed by atoms with Crippen molar-refractivity contribution >= 4 is 22.5 Å². The SMILES string of the molecule is CCOc1ccccc1Nc1ncnc2c1c(-c1ccccc1)cn2-c1ccccc1. The van der Waals surface area contributed by atoms with Gasteiger partial charge in [-0.05, 0) is 36.8 Å². The molecule has 0 radical (unpaired) electrons. The van der Waals surface area contributed by atoms with Crippen LogP contribution in [0.25, 0.3) is 27.8 Å². The normalized spacial score (nSPS) is 10.9. The Bertz CT molecular complexity index is 1310. The third kappa shape index (κ3) is 3.62. The van der Waals surface area contributed by atoms with E-state index < -0.39 is 0 Å². The van der Waals surface area contributed by atoms with Crippen LogP contribution in [0.4, 0.5) is 11.5 Å². The van der Waals surface area contributed by atoms with Crippen molar-refractivity contribution in [3.63, 3.8) is 0 Å². The first-order valence-electron chi connectivity index (χ1n) is 10.3. The Morgan fingerprint density at radius 3 is 2.32 bits per heavy atom. The van der Waals surface area contributed by atoms with Crippen LogP contribution in [-0.4, -0.2) is 21.1 Å². The van der Waals surface area contributed by atoms with E-state index in [-0.39, 0.29) is 0 Å². The van der Waals surface area contributed by atoms with Crippen LogP contribution < -0.4 is 10.1 Å². The van der Waals surface area contributed by atoms with Gasteiger partial charge in [0, 0.05) is 17.4 Å². The molecule has 0 spiro atoms. The molecule has 0 amide bonds. The van der Waals surface area contributed by atoms with Crippen molar-refractivity contribution in [1.82, 2.24) is 14.5 Å². The zero-order valence-corrected chi connectivity index (χ0v) is 17.2. The maximum atomic E-state index is 5.80. The molecule has 0 aliphatic heterocycles. The zero-order chi connectivity index (χ0) is 21.0. The van der Waals surface area contributed by atoms with Crippen molar-refractivity contribution in [1.29, 1.82) is 0 Å². The van der Waals surface area contributed by atoms with E-state index in [1.54, 1.807) is 6.33 Å². The Hall–Kier alpha value is -4.12. The van der Waals surface area contributed by atoms with Gasteiger partial charge in [-0.2, -0.15) is 0 Å². The summed E-state index contributed by atoms with van der Waals surface area (Å²) in [6.07, 6.45) is 3.73. The number of hydrogen-bond acceptors (Lipinski definition) is 4. The molecule has 5 aromatic rings. The summed E-state index contributed by atoms with van der Waals surface area (Å²) in [6, 6.07) is 28.4. The van der Waals surface area contributed by atoms with Crippen LogP contribution in [-0.2, 0) is 0 Å². The fourth-order valence-electron chi connectivity index (χ4n) is 3.76. The summed E-state index contributed by atoms with van der Waals surface area (Å²) in [7, 11) is 0. The molecule has 0 bridgehead atoms. The molecule has 0 aliphatic carbocycles. The predicted octanol–water partition coefficient (Wildman–Crippen LogP) is 6.23. The average molecular weight is 406 g/mol. The molecule has 5 heteroatoms. The molecule has 1 N–H and O–H groups in total. The number of para-hydroxylation sites is 3. The van der Waals surface area contributed by atoms with E-state index in [1.807, 2.05) is 67.6 Å². The summed E-state index contributed by atoms with van der Waals surface area (Å²) < 4.78 is 7.91. The number of nitrogens with zero attached hydrogens (tertiary/aromatic N) is 3. The summed E-state index contributed by atoms with van der Waals surface area (Å²) in [5, 5.41) is 4.45. The van der Waals surface area contributed by atoms with Crippen LogP contribution in [0.1, 0.15) is 6.92 Å². The van der Waals surface area contributed by atoms with E-state index in [9.17, 15) is 0 Å². The fourth-order valence-corrected chi connectivity index (χ4v) is 3.76. The maximum absolute atomic E-state index is 5.80. The van der Waals surface area contributed by atoms with Crippen LogP contribution in [0, 0.1) is 0 Å². The molecule has 0 unspecified atom stereocenters. The van der Waals surface area contributed by atoms with Crippen molar-refractivity contribution in [3.05, 3.63) is 97.5 Å². The van der Waals surface area contributed by atoms with Gasteiger partial charge in [0.05, 0.1) is 17.7 Å². The largest absolute Gasteiger partial charge is 0.492 e. The van der Waals surface area contributed by atoms with E-state index in [2.05, 4.69) is 50.3 Å². The summed E-state index contributed by atoms with van der Waals surface area (Å²) >= 11 is 0. The summed E-state index contributed by atoms with van der Waals surface area (Å²) in [6.45, 7) is 2.57. The number of anilines is 2. The monoisotopic (exact) mass is 406 g/mol. The molecule has 5 rings (SSSR count). The minimum atomic E-state index is 0.595. The third-order valence-electron chi connectivity index (χ3n) is 5.14. The number of ether oxygens (including phenoxy) is 1. The van der Waals surface area contributed by atoms with Crippen molar-refractivity contribution in [2.45, 2.75) is 6.92 Å². The third-order valence-corrected chi connectivity index (χ3v) is 5.14. The Morgan fingerprint density at radius 2 is 1.55 bits per heavy atom. The van der Waals surface area contributed by atoms with Crippen LogP contribution in [0.3, 0.4) is 0 Å². The average Bonchev–Trinajstić information content (AvgIpc) is 3.22. The molecular weight excluding hydrogens is 384 g/mol. The van der Waals surface area contributed by atoms with Gasteiger partial charge in [-0.25, -0.2) is 9.97 Å². The second kappa shape index (κ2) is 8.32. The Labute approximate surface area is 181 Å². The van der Waals surface area contributed by atoms with Gasteiger partial charge >= 0.3 is 0 Å². The van der Waals surface area contributed by atoms with Gasteiger partial charge in [0.2, 0.25) is 0 Å². The van der Waals surface area contributed by atoms with E-state index in [0.29, 0.717) is 6.61 Å². The highest BCUT2D eigenvalue weighted by molar-refractivity contribution is 6.03. The summed E-state index contributed by atoms with van der Waals surface area (Å²) in [5.41, 5.74) is 4.94. The first kappa shape index (κ1) is 18.9. The molecule has 0 saturated heterocycles. The quantitative estimate of drug-likeness (QED) is 0.363. The van der Waals surface area contributed by atoms with E-state index in [0.717, 1.165) is 45.1 Å². The first-order valence-corrected chi connectivity index (χ1v) is 10.3. The van der Waals surface area contributed by atoms with Crippen molar-refractivity contribution in [2.75, 3.05) is 11.9 Å². The number of benzene rings is 3. The Morgan fingerprint density at radius 1 is 0.839 bits per heavy atom. The zero-order valence-electron chi connectivity index (χ0n) is 17.2. The number of aromatic nitrogens is 3. The molecule has 2 heterocycles. The molecule has 5 nitrogen and oxygen atoms in total. The van der Waals surface area contributed by atoms with Crippen molar-refractivity contribution < 1.29 is 4.74 Å². The van der Waals surface area contributed by atoms with Gasteiger partial charge in [-0.3, -0.25) is 0 Å². The second-order valence-electron chi connectivity index (χ2n) is 7.09. The lowest BCUT2D eigenvalue weighted by Gasteiger charge is -2.13. The number of hydrogen-bond donors (Lipinski definition) is 1. The molecule has 152 valence electrons. The van der Waals surface area contributed by atoms with Crippen LogP contribution in [0.5, 0.6) is 5.75 Å². The molecule has 0 atom stereocenters. The fraction of sp³-hybridized carbons (Fsp3) is 0.0769. The van der Waals surface area contributed by atoms with Crippen molar-refractivity contribution in [2.24, 2.45) is 0 Å². The molecular formula is C26H22N4O. The van der Waals surface area contributed by atoms with Gasteiger partial charge in [0.15, 0.2) is 5.65 Å². The van der Waals surface area contributed by atoms with Gasteiger partial charge < -0.3 is 14.6 Å². The first-order chi connectivity index (χ1) is 15.3. The number of rotatable bonds is 6. The maximum Gasteiger partial charge on any atom is 0.150 e. The molecule has 31 heavy (non-hydrogen) atoms. The lowest BCUT2D eigenvalue weighted by Crippen LogP contribution is -2.01. The van der Waals surface area contributed by atoms with E-state index in [1.165, 1.54) is 0 Å². The highest BCUT2D eigenvalue weighted by Crippen LogP contribution is 2.37. The molecule has 0 fully saturated rings.